The standard InChI is InChI=1S/C16H19ClN2O2S/c17-15-8-4-5-9-16(15)22(20,21)19(13-11-18)12-10-14-6-2-1-3-7-14/h1-9H,10-13,18H2. The van der Waals surface area contributed by atoms with Gasteiger partial charge in [0.05, 0.1) is 5.02 Å². The van der Waals surface area contributed by atoms with Crippen molar-refractivity contribution < 1.29 is 8.42 Å². The van der Waals surface area contributed by atoms with Crippen molar-refractivity contribution in [1.82, 2.24) is 4.31 Å². The van der Waals surface area contributed by atoms with Crippen molar-refractivity contribution in [1.29, 1.82) is 0 Å². The molecule has 0 saturated carbocycles. The fraction of sp³-hybridized carbons (Fsp3) is 0.250. The van der Waals surface area contributed by atoms with E-state index in [-0.39, 0.29) is 23.0 Å². The van der Waals surface area contributed by atoms with Crippen molar-refractivity contribution in [2.24, 2.45) is 5.73 Å². The topological polar surface area (TPSA) is 63.4 Å². The second-order valence-electron chi connectivity index (χ2n) is 4.86. The van der Waals surface area contributed by atoms with Crippen LogP contribution in [0.5, 0.6) is 0 Å². The Labute approximate surface area is 136 Å². The molecule has 0 fully saturated rings. The van der Waals surface area contributed by atoms with Crippen molar-refractivity contribution in [3.05, 3.63) is 65.2 Å². The number of nitrogens with zero attached hydrogens (tertiary/aromatic N) is 1. The molecule has 2 N–H and O–H groups in total. The molecule has 0 aliphatic rings. The maximum atomic E-state index is 12.8. The van der Waals surface area contributed by atoms with Gasteiger partial charge in [-0.2, -0.15) is 4.31 Å². The molecule has 2 aromatic carbocycles. The van der Waals surface area contributed by atoms with Crippen LogP contribution in [0.2, 0.25) is 5.02 Å². The highest BCUT2D eigenvalue weighted by Gasteiger charge is 2.25. The lowest BCUT2D eigenvalue weighted by molar-refractivity contribution is 0.421. The number of halogens is 1. The molecular formula is C16H19ClN2O2S. The van der Waals surface area contributed by atoms with E-state index >= 15 is 0 Å². The van der Waals surface area contributed by atoms with Crippen LogP contribution in [0.3, 0.4) is 0 Å². The molecule has 0 bridgehead atoms. The third-order valence-electron chi connectivity index (χ3n) is 3.33. The Balaban J connectivity index is 2.21. The summed E-state index contributed by atoms with van der Waals surface area (Å²) in [6.45, 7) is 0.896. The number of hydrogen-bond donors (Lipinski definition) is 1. The molecule has 118 valence electrons. The molecule has 0 atom stereocenters. The van der Waals surface area contributed by atoms with Crippen LogP contribution in [0.4, 0.5) is 0 Å². The number of benzene rings is 2. The summed E-state index contributed by atoms with van der Waals surface area (Å²) in [5, 5.41) is 0.226. The Morgan fingerprint density at radius 1 is 0.955 bits per heavy atom. The summed E-state index contributed by atoms with van der Waals surface area (Å²) < 4.78 is 26.9. The molecule has 0 spiro atoms. The van der Waals surface area contributed by atoms with Gasteiger partial charge in [-0.15, -0.1) is 0 Å². The molecule has 0 saturated heterocycles. The monoisotopic (exact) mass is 338 g/mol. The average Bonchev–Trinajstić information content (AvgIpc) is 2.52. The third kappa shape index (κ3) is 4.08. The fourth-order valence-corrected chi connectivity index (χ4v) is 4.14. The summed E-state index contributed by atoms with van der Waals surface area (Å²) in [6.07, 6.45) is 0.629. The van der Waals surface area contributed by atoms with Gasteiger partial charge in [-0.25, -0.2) is 8.42 Å². The Kier molecular flexibility index (Phi) is 5.97. The van der Waals surface area contributed by atoms with E-state index in [4.69, 9.17) is 17.3 Å². The molecule has 0 aromatic heterocycles. The molecule has 4 nitrogen and oxygen atoms in total. The van der Waals surface area contributed by atoms with E-state index < -0.39 is 10.0 Å². The van der Waals surface area contributed by atoms with Gasteiger partial charge in [0, 0.05) is 19.6 Å². The van der Waals surface area contributed by atoms with Gasteiger partial charge in [-0.05, 0) is 24.1 Å². The summed E-state index contributed by atoms with van der Waals surface area (Å²) in [6, 6.07) is 16.2. The van der Waals surface area contributed by atoms with Crippen LogP contribution in [0.25, 0.3) is 0 Å². The molecule has 0 radical (unpaired) electrons. The zero-order valence-electron chi connectivity index (χ0n) is 12.2. The lowest BCUT2D eigenvalue weighted by Gasteiger charge is -2.22. The summed E-state index contributed by atoms with van der Waals surface area (Å²) in [5.74, 6) is 0. The zero-order chi connectivity index (χ0) is 16.0. The summed E-state index contributed by atoms with van der Waals surface area (Å²) in [7, 11) is -3.64. The summed E-state index contributed by atoms with van der Waals surface area (Å²) in [4.78, 5) is 0.123. The van der Waals surface area contributed by atoms with Crippen LogP contribution in [0.1, 0.15) is 5.56 Å². The van der Waals surface area contributed by atoms with E-state index in [1.54, 1.807) is 18.2 Å². The van der Waals surface area contributed by atoms with Gasteiger partial charge >= 0.3 is 0 Å². The fourth-order valence-electron chi connectivity index (χ4n) is 2.19. The maximum absolute atomic E-state index is 12.8. The average molecular weight is 339 g/mol. The first-order chi connectivity index (χ1) is 10.6. The zero-order valence-corrected chi connectivity index (χ0v) is 13.7. The molecule has 0 amide bonds. The highest BCUT2D eigenvalue weighted by molar-refractivity contribution is 7.89. The van der Waals surface area contributed by atoms with Crippen LogP contribution in [0, 0.1) is 0 Å². The SMILES string of the molecule is NCCN(CCc1ccccc1)S(=O)(=O)c1ccccc1Cl. The highest BCUT2D eigenvalue weighted by atomic mass is 35.5. The van der Waals surface area contributed by atoms with E-state index in [0.29, 0.717) is 13.0 Å². The highest BCUT2D eigenvalue weighted by Crippen LogP contribution is 2.24. The number of sulfonamides is 1. The molecule has 0 heterocycles. The second-order valence-corrected chi connectivity index (χ2v) is 7.17. The normalized spacial score (nSPS) is 11.8. The largest absolute Gasteiger partial charge is 0.329 e. The first kappa shape index (κ1) is 17.0. The Morgan fingerprint density at radius 2 is 1.59 bits per heavy atom. The number of rotatable bonds is 7. The molecular weight excluding hydrogens is 320 g/mol. The summed E-state index contributed by atoms with van der Waals surface area (Å²) in [5.41, 5.74) is 6.65. The Morgan fingerprint density at radius 3 is 2.23 bits per heavy atom. The molecule has 0 aliphatic heterocycles. The third-order valence-corrected chi connectivity index (χ3v) is 5.72. The van der Waals surface area contributed by atoms with Gasteiger partial charge in [-0.3, -0.25) is 0 Å². The maximum Gasteiger partial charge on any atom is 0.244 e. The van der Waals surface area contributed by atoms with Gasteiger partial charge in [0.25, 0.3) is 0 Å². The smallest absolute Gasteiger partial charge is 0.244 e. The van der Waals surface area contributed by atoms with Crippen molar-refractivity contribution in [3.8, 4) is 0 Å². The van der Waals surface area contributed by atoms with Gasteiger partial charge in [0.15, 0.2) is 0 Å². The van der Waals surface area contributed by atoms with Gasteiger partial charge in [-0.1, -0.05) is 54.1 Å². The molecule has 2 rings (SSSR count). The van der Waals surface area contributed by atoms with Crippen LogP contribution >= 0.6 is 11.6 Å². The van der Waals surface area contributed by atoms with Crippen molar-refractivity contribution in [3.63, 3.8) is 0 Å². The van der Waals surface area contributed by atoms with E-state index in [2.05, 4.69) is 0 Å². The molecule has 0 aliphatic carbocycles. The summed E-state index contributed by atoms with van der Waals surface area (Å²) >= 11 is 6.03. The minimum absolute atomic E-state index is 0.123. The van der Waals surface area contributed by atoms with Crippen molar-refractivity contribution >= 4 is 21.6 Å². The Hall–Kier alpha value is -1.40. The van der Waals surface area contributed by atoms with Crippen molar-refractivity contribution in [2.45, 2.75) is 11.3 Å². The molecule has 0 unspecified atom stereocenters. The van der Waals surface area contributed by atoms with Gasteiger partial charge in [0.1, 0.15) is 4.90 Å². The van der Waals surface area contributed by atoms with E-state index in [0.717, 1.165) is 5.56 Å². The first-order valence-corrected chi connectivity index (χ1v) is 8.86. The van der Waals surface area contributed by atoms with Crippen molar-refractivity contribution in [2.75, 3.05) is 19.6 Å². The van der Waals surface area contributed by atoms with E-state index in [1.807, 2.05) is 30.3 Å². The molecule has 2 aromatic rings. The van der Waals surface area contributed by atoms with Crippen LogP contribution in [-0.4, -0.2) is 32.4 Å². The quantitative estimate of drug-likeness (QED) is 0.843. The predicted molar refractivity (Wildman–Crippen MR) is 89.4 cm³/mol. The molecule has 22 heavy (non-hydrogen) atoms. The minimum atomic E-state index is -3.64. The predicted octanol–water partition coefficient (Wildman–Crippen LogP) is 2.53. The Bertz CT molecular complexity index is 705. The van der Waals surface area contributed by atoms with Crippen LogP contribution < -0.4 is 5.73 Å². The lowest BCUT2D eigenvalue weighted by atomic mass is 10.1. The first-order valence-electron chi connectivity index (χ1n) is 7.04. The minimum Gasteiger partial charge on any atom is -0.329 e. The molecule has 6 heteroatoms. The van der Waals surface area contributed by atoms with Gasteiger partial charge < -0.3 is 5.73 Å². The number of nitrogens with two attached hydrogens (primary N) is 1. The van der Waals surface area contributed by atoms with Gasteiger partial charge in [0.2, 0.25) is 10.0 Å². The lowest BCUT2D eigenvalue weighted by Crippen LogP contribution is -2.37. The second kappa shape index (κ2) is 7.74. The van der Waals surface area contributed by atoms with E-state index in [9.17, 15) is 8.42 Å². The van der Waals surface area contributed by atoms with E-state index in [1.165, 1.54) is 10.4 Å². The van der Waals surface area contributed by atoms with Crippen LogP contribution in [0.15, 0.2) is 59.5 Å². The number of hydrogen-bond acceptors (Lipinski definition) is 3. The van der Waals surface area contributed by atoms with Crippen LogP contribution in [-0.2, 0) is 16.4 Å².